The van der Waals surface area contributed by atoms with Crippen molar-refractivity contribution in [3.8, 4) is 0 Å². The van der Waals surface area contributed by atoms with Gasteiger partial charge in [0.25, 0.3) is 5.69 Å². The van der Waals surface area contributed by atoms with Crippen molar-refractivity contribution >= 4 is 5.69 Å². The van der Waals surface area contributed by atoms with Crippen LogP contribution in [-0.4, -0.2) is 4.92 Å². The molecule has 0 atom stereocenters. The molecule has 0 saturated carbocycles. The number of hydrogen-bond donors (Lipinski definition) is 0. The molecule has 0 unspecified atom stereocenters. The van der Waals surface area contributed by atoms with E-state index in [4.69, 9.17) is 0 Å². The van der Waals surface area contributed by atoms with Gasteiger partial charge in [-0.2, -0.15) is 0 Å². The number of nitrogens with zero attached hydrogens (tertiary/aromatic N) is 1. The van der Waals surface area contributed by atoms with Gasteiger partial charge in [0.2, 0.25) is 0 Å². The largest absolute Gasteiger partial charge is 0.269 e. The van der Waals surface area contributed by atoms with Crippen molar-refractivity contribution in [2.75, 3.05) is 0 Å². The van der Waals surface area contributed by atoms with Crippen molar-refractivity contribution in [2.24, 2.45) is 0 Å². The Morgan fingerprint density at radius 1 is 1.27 bits per heavy atom. The fraction of sp³-hybridized carbons (Fsp3) is 0.500. The molecule has 0 heterocycles. The summed E-state index contributed by atoms with van der Waals surface area (Å²) in [6.07, 6.45) is 2.20. The zero-order valence-corrected chi connectivity index (χ0v) is 9.49. The standard InChI is InChI=1S/C12H17NO2/c1-4-9-12(2,3)10-5-7-11(8-6-10)13(14)15/h5-8H,4,9H2,1-3H3. The number of rotatable bonds is 4. The molecule has 0 aromatic heterocycles. The van der Waals surface area contributed by atoms with Gasteiger partial charge in [0.15, 0.2) is 0 Å². The minimum atomic E-state index is -0.364. The maximum Gasteiger partial charge on any atom is 0.269 e. The van der Waals surface area contributed by atoms with Crippen molar-refractivity contribution in [3.63, 3.8) is 0 Å². The summed E-state index contributed by atoms with van der Waals surface area (Å²) >= 11 is 0. The van der Waals surface area contributed by atoms with E-state index < -0.39 is 0 Å². The highest BCUT2D eigenvalue weighted by molar-refractivity contribution is 5.35. The minimum Gasteiger partial charge on any atom is -0.258 e. The summed E-state index contributed by atoms with van der Waals surface area (Å²) in [5, 5.41) is 10.5. The van der Waals surface area contributed by atoms with E-state index in [1.54, 1.807) is 12.1 Å². The summed E-state index contributed by atoms with van der Waals surface area (Å²) in [5.41, 5.74) is 1.42. The zero-order chi connectivity index (χ0) is 11.5. The lowest BCUT2D eigenvalue weighted by molar-refractivity contribution is -0.384. The van der Waals surface area contributed by atoms with E-state index in [1.165, 1.54) is 0 Å². The Kier molecular flexibility index (Phi) is 3.45. The monoisotopic (exact) mass is 207 g/mol. The van der Waals surface area contributed by atoms with E-state index in [1.807, 2.05) is 12.1 Å². The molecule has 0 spiro atoms. The first kappa shape index (κ1) is 11.7. The maximum absolute atomic E-state index is 10.5. The lowest BCUT2D eigenvalue weighted by atomic mass is 9.81. The van der Waals surface area contributed by atoms with Gasteiger partial charge in [-0.05, 0) is 17.4 Å². The molecule has 3 nitrogen and oxygen atoms in total. The van der Waals surface area contributed by atoms with Gasteiger partial charge >= 0.3 is 0 Å². The molecule has 0 radical (unpaired) electrons. The van der Waals surface area contributed by atoms with Crippen molar-refractivity contribution < 1.29 is 4.92 Å². The van der Waals surface area contributed by atoms with E-state index in [0.29, 0.717) is 0 Å². The average Bonchev–Trinajstić information content (AvgIpc) is 2.18. The lowest BCUT2D eigenvalue weighted by Gasteiger charge is -2.24. The molecule has 82 valence electrons. The second kappa shape index (κ2) is 4.43. The van der Waals surface area contributed by atoms with E-state index in [2.05, 4.69) is 20.8 Å². The van der Waals surface area contributed by atoms with Crippen LogP contribution in [-0.2, 0) is 5.41 Å². The first-order valence-electron chi connectivity index (χ1n) is 5.22. The summed E-state index contributed by atoms with van der Waals surface area (Å²) < 4.78 is 0. The predicted octanol–water partition coefficient (Wildman–Crippen LogP) is 3.67. The van der Waals surface area contributed by atoms with E-state index in [0.717, 1.165) is 18.4 Å². The molecule has 0 fully saturated rings. The van der Waals surface area contributed by atoms with Crippen LogP contribution in [0.25, 0.3) is 0 Å². The van der Waals surface area contributed by atoms with Crippen molar-refractivity contribution in [2.45, 2.75) is 39.0 Å². The summed E-state index contributed by atoms with van der Waals surface area (Å²) in [4.78, 5) is 10.1. The van der Waals surface area contributed by atoms with Crippen LogP contribution < -0.4 is 0 Å². The molecule has 0 saturated heterocycles. The van der Waals surface area contributed by atoms with Gasteiger partial charge in [-0.1, -0.05) is 39.3 Å². The molecule has 15 heavy (non-hydrogen) atoms. The van der Waals surface area contributed by atoms with Gasteiger partial charge in [0.1, 0.15) is 0 Å². The third-order valence-electron chi connectivity index (χ3n) is 2.73. The Morgan fingerprint density at radius 2 is 1.80 bits per heavy atom. The molecule has 1 rings (SSSR count). The van der Waals surface area contributed by atoms with Gasteiger partial charge in [0, 0.05) is 12.1 Å². The molecular weight excluding hydrogens is 190 g/mol. The van der Waals surface area contributed by atoms with Crippen molar-refractivity contribution in [3.05, 3.63) is 39.9 Å². The molecule has 0 aliphatic carbocycles. The molecule has 1 aromatic rings. The molecule has 0 aliphatic rings. The third kappa shape index (κ3) is 2.78. The predicted molar refractivity (Wildman–Crippen MR) is 61.0 cm³/mol. The van der Waals surface area contributed by atoms with Gasteiger partial charge in [-0.15, -0.1) is 0 Å². The fourth-order valence-corrected chi connectivity index (χ4v) is 1.80. The Bertz CT molecular complexity index is 341. The number of hydrogen-bond acceptors (Lipinski definition) is 2. The summed E-state index contributed by atoms with van der Waals surface area (Å²) in [7, 11) is 0. The first-order chi connectivity index (χ1) is 6.97. The Labute approximate surface area is 90.3 Å². The van der Waals surface area contributed by atoms with Crippen molar-refractivity contribution in [1.29, 1.82) is 0 Å². The van der Waals surface area contributed by atoms with Gasteiger partial charge in [-0.3, -0.25) is 10.1 Å². The summed E-state index contributed by atoms with van der Waals surface area (Å²) in [5.74, 6) is 0. The summed E-state index contributed by atoms with van der Waals surface area (Å²) in [6, 6.07) is 6.86. The molecule has 3 heteroatoms. The molecule has 0 aliphatic heterocycles. The highest BCUT2D eigenvalue weighted by Gasteiger charge is 2.19. The van der Waals surface area contributed by atoms with Crippen LogP contribution in [0.3, 0.4) is 0 Å². The lowest BCUT2D eigenvalue weighted by Crippen LogP contribution is -2.16. The van der Waals surface area contributed by atoms with Gasteiger partial charge in [0.05, 0.1) is 4.92 Å². The van der Waals surface area contributed by atoms with Crippen LogP contribution in [0.5, 0.6) is 0 Å². The third-order valence-corrected chi connectivity index (χ3v) is 2.73. The Balaban J connectivity index is 2.93. The average molecular weight is 207 g/mol. The topological polar surface area (TPSA) is 43.1 Å². The van der Waals surface area contributed by atoms with Gasteiger partial charge in [-0.25, -0.2) is 0 Å². The molecular formula is C12H17NO2. The quantitative estimate of drug-likeness (QED) is 0.558. The summed E-state index contributed by atoms with van der Waals surface area (Å²) in [6.45, 7) is 6.47. The zero-order valence-electron chi connectivity index (χ0n) is 9.49. The highest BCUT2D eigenvalue weighted by Crippen LogP contribution is 2.29. The minimum absolute atomic E-state index is 0.101. The van der Waals surface area contributed by atoms with E-state index in [9.17, 15) is 10.1 Å². The second-order valence-corrected chi connectivity index (χ2v) is 4.44. The highest BCUT2D eigenvalue weighted by atomic mass is 16.6. The molecule has 0 N–H and O–H groups in total. The fourth-order valence-electron chi connectivity index (χ4n) is 1.80. The van der Waals surface area contributed by atoms with Crippen LogP contribution in [0.15, 0.2) is 24.3 Å². The second-order valence-electron chi connectivity index (χ2n) is 4.44. The normalized spacial score (nSPS) is 11.4. The number of nitro groups is 1. The van der Waals surface area contributed by atoms with E-state index in [-0.39, 0.29) is 16.0 Å². The number of nitro benzene ring substituents is 1. The van der Waals surface area contributed by atoms with Crippen LogP contribution in [0.4, 0.5) is 5.69 Å². The van der Waals surface area contributed by atoms with Crippen LogP contribution in [0.2, 0.25) is 0 Å². The van der Waals surface area contributed by atoms with Crippen molar-refractivity contribution in [1.82, 2.24) is 0 Å². The molecule has 0 amide bonds. The smallest absolute Gasteiger partial charge is 0.258 e. The van der Waals surface area contributed by atoms with Crippen LogP contribution >= 0.6 is 0 Å². The van der Waals surface area contributed by atoms with Crippen LogP contribution in [0, 0.1) is 10.1 Å². The number of benzene rings is 1. The SMILES string of the molecule is CCCC(C)(C)c1ccc([N+](=O)[O-])cc1. The van der Waals surface area contributed by atoms with E-state index >= 15 is 0 Å². The maximum atomic E-state index is 10.5. The Hall–Kier alpha value is -1.38. The Morgan fingerprint density at radius 3 is 2.20 bits per heavy atom. The first-order valence-corrected chi connectivity index (χ1v) is 5.22. The molecule has 1 aromatic carbocycles. The van der Waals surface area contributed by atoms with Crippen LogP contribution in [0.1, 0.15) is 39.2 Å². The van der Waals surface area contributed by atoms with Gasteiger partial charge < -0.3 is 0 Å². The number of non-ortho nitro benzene ring substituents is 1. The molecule has 0 bridgehead atoms.